The predicted octanol–water partition coefficient (Wildman–Crippen LogP) is 4.22. The average Bonchev–Trinajstić information content (AvgIpc) is 2.68. The molecule has 1 amide bonds. The highest BCUT2D eigenvalue weighted by Gasteiger charge is 2.51. The van der Waals surface area contributed by atoms with Gasteiger partial charge in [0, 0.05) is 16.4 Å². The van der Waals surface area contributed by atoms with Gasteiger partial charge in [0.25, 0.3) is 0 Å². The minimum atomic E-state index is -4.38. The largest absolute Gasteiger partial charge is 0.405 e. The second kappa shape index (κ2) is 6.81. The van der Waals surface area contributed by atoms with E-state index in [2.05, 4.69) is 21.4 Å². The van der Waals surface area contributed by atoms with Crippen molar-refractivity contribution in [2.75, 3.05) is 0 Å². The third-order valence-corrected chi connectivity index (χ3v) is 4.56. The van der Waals surface area contributed by atoms with Gasteiger partial charge in [0.1, 0.15) is 6.04 Å². The van der Waals surface area contributed by atoms with Crippen LogP contribution < -0.4 is 5.43 Å². The highest BCUT2D eigenvalue weighted by Crippen LogP contribution is 2.35. The lowest BCUT2D eigenvalue weighted by molar-refractivity contribution is -0.202. The number of hydrogen-bond acceptors (Lipinski definition) is 2. The summed E-state index contributed by atoms with van der Waals surface area (Å²) in [5.74, 6) is -0.364. The SMILES string of the molecule is CC1(C)CC(=O)NN1C(CCCc1ccc(Br)cc1)C(F)(F)F. The molecule has 1 heterocycles. The Hall–Kier alpha value is -1.08. The van der Waals surface area contributed by atoms with Crippen LogP contribution in [0.3, 0.4) is 0 Å². The molecule has 128 valence electrons. The number of amides is 1. The number of hydrazine groups is 1. The van der Waals surface area contributed by atoms with Crippen LogP contribution in [0, 0.1) is 0 Å². The lowest BCUT2D eigenvalue weighted by Gasteiger charge is -2.37. The fourth-order valence-electron chi connectivity index (χ4n) is 2.89. The van der Waals surface area contributed by atoms with E-state index in [1.54, 1.807) is 13.8 Å². The van der Waals surface area contributed by atoms with Gasteiger partial charge in [-0.25, -0.2) is 5.01 Å². The van der Waals surface area contributed by atoms with E-state index >= 15 is 0 Å². The molecule has 1 atom stereocenters. The topological polar surface area (TPSA) is 32.3 Å². The number of nitrogens with one attached hydrogen (secondary N) is 1. The monoisotopic (exact) mass is 392 g/mol. The van der Waals surface area contributed by atoms with Gasteiger partial charge >= 0.3 is 6.18 Å². The van der Waals surface area contributed by atoms with E-state index in [-0.39, 0.29) is 18.7 Å². The van der Waals surface area contributed by atoms with Gasteiger partial charge in [-0.05, 0) is 50.8 Å². The van der Waals surface area contributed by atoms with E-state index in [0.717, 1.165) is 15.0 Å². The van der Waals surface area contributed by atoms with E-state index in [4.69, 9.17) is 0 Å². The van der Waals surface area contributed by atoms with Gasteiger partial charge in [0.15, 0.2) is 0 Å². The number of alkyl halides is 3. The lowest BCUT2D eigenvalue weighted by Crippen LogP contribution is -2.56. The highest BCUT2D eigenvalue weighted by atomic mass is 79.9. The molecule has 0 saturated carbocycles. The summed E-state index contributed by atoms with van der Waals surface area (Å²) in [7, 11) is 0. The van der Waals surface area contributed by atoms with Gasteiger partial charge in [-0.1, -0.05) is 28.1 Å². The van der Waals surface area contributed by atoms with E-state index < -0.39 is 17.8 Å². The summed E-state index contributed by atoms with van der Waals surface area (Å²) in [4.78, 5) is 11.5. The molecular formula is C16H20BrF3N2O. The minimum Gasteiger partial charge on any atom is -0.288 e. The van der Waals surface area contributed by atoms with E-state index in [9.17, 15) is 18.0 Å². The fourth-order valence-corrected chi connectivity index (χ4v) is 3.16. The van der Waals surface area contributed by atoms with Gasteiger partial charge in [0.05, 0.1) is 0 Å². The van der Waals surface area contributed by atoms with Crippen LogP contribution in [-0.4, -0.2) is 28.7 Å². The number of nitrogens with zero attached hydrogens (tertiary/aromatic N) is 1. The molecule has 1 aromatic rings. The molecule has 0 radical (unpaired) electrons. The Morgan fingerprint density at radius 3 is 2.39 bits per heavy atom. The van der Waals surface area contributed by atoms with E-state index in [1.807, 2.05) is 24.3 Å². The molecule has 0 spiro atoms. The maximum atomic E-state index is 13.4. The Morgan fingerprint density at radius 1 is 1.30 bits per heavy atom. The van der Waals surface area contributed by atoms with E-state index in [0.29, 0.717) is 12.8 Å². The summed E-state index contributed by atoms with van der Waals surface area (Å²) in [6.07, 6.45) is -3.39. The Labute approximate surface area is 142 Å². The van der Waals surface area contributed by atoms with Crippen molar-refractivity contribution in [1.29, 1.82) is 0 Å². The zero-order valence-electron chi connectivity index (χ0n) is 13.1. The summed E-state index contributed by atoms with van der Waals surface area (Å²) in [6.45, 7) is 3.30. The molecule has 0 aliphatic carbocycles. The molecule has 1 aliphatic rings. The Bertz CT molecular complexity index is 557. The van der Waals surface area contributed by atoms with Crippen molar-refractivity contribution in [3.63, 3.8) is 0 Å². The first-order chi connectivity index (χ1) is 10.6. The molecule has 1 aliphatic heterocycles. The van der Waals surface area contributed by atoms with Crippen LogP contribution in [0.5, 0.6) is 0 Å². The lowest BCUT2D eigenvalue weighted by atomic mass is 9.97. The average molecular weight is 393 g/mol. The number of carbonyl (C=O) groups excluding carboxylic acids is 1. The van der Waals surface area contributed by atoms with Gasteiger partial charge < -0.3 is 0 Å². The number of halogens is 4. The molecule has 23 heavy (non-hydrogen) atoms. The second-order valence-electron chi connectivity index (χ2n) is 6.47. The molecule has 7 heteroatoms. The molecule has 2 rings (SSSR count). The van der Waals surface area contributed by atoms with Crippen molar-refractivity contribution in [2.45, 2.75) is 57.3 Å². The van der Waals surface area contributed by atoms with Crippen molar-refractivity contribution in [3.05, 3.63) is 34.3 Å². The number of aryl methyl sites for hydroxylation is 1. The zero-order chi connectivity index (χ0) is 17.3. The number of carbonyl (C=O) groups is 1. The number of hydrogen-bond donors (Lipinski definition) is 1. The maximum Gasteiger partial charge on any atom is 0.405 e. The Morgan fingerprint density at radius 2 is 1.91 bits per heavy atom. The molecule has 1 N–H and O–H groups in total. The number of rotatable bonds is 5. The molecule has 1 unspecified atom stereocenters. The van der Waals surface area contributed by atoms with Gasteiger partial charge in [0.2, 0.25) is 5.91 Å². The summed E-state index contributed by atoms with van der Waals surface area (Å²) >= 11 is 3.33. The van der Waals surface area contributed by atoms with Crippen LogP contribution in [0.25, 0.3) is 0 Å². The molecule has 1 fully saturated rings. The van der Waals surface area contributed by atoms with Crippen LogP contribution in [-0.2, 0) is 11.2 Å². The minimum absolute atomic E-state index is 0.0523. The van der Waals surface area contributed by atoms with Crippen LogP contribution >= 0.6 is 15.9 Å². The van der Waals surface area contributed by atoms with Crippen molar-refractivity contribution in [2.24, 2.45) is 0 Å². The molecule has 3 nitrogen and oxygen atoms in total. The standard InChI is InChI=1S/C16H20BrF3N2O/c1-15(2)10-14(23)21-22(15)13(16(18,19)20)5-3-4-11-6-8-12(17)9-7-11/h6-9,13H,3-5,10H2,1-2H3,(H,21,23). The Balaban J connectivity index is 2.02. The normalized spacial score (nSPS) is 19.7. The van der Waals surface area contributed by atoms with Crippen molar-refractivity contribution >= 4 is 21.8 Å². The van der Waals surface area contributed by atoms with Crippen LogP contribution in [0.15, 0.2) is 28.7 Å². The van der Waals surface area contributed by atoms with Crippen LogP contribution in [0.4, 0.5) is 13.2 Å². The quantitative estimate of drug-likeness (QED) is 0.813. The fraction of sp³-hybridized carbons (Fsp3) is 0.562. The van der Waals surface area contributed by atoms with Crippen molar-refractivity contribution in [1.82, 2.24) is 10.4 Å². The highest BCUT2D eigenvalue weighted by molar-refractivity contribution is 9.10. The molecule has 1 aromatic carbocycles. The van der Waals surface area contributed by atoms with Gasteiger partial charge in [-0.3, -0.25) is 10.2 Å². The Kier molecular flexibility index (Phi) is 5.41. The molecule has 1 saturated heterocycles. The summed E-state index contributed by atoms with van der Waals surface area (Å²) in [5, 5.41) is 1.08. The van der Waals surface area contributed by atoms with Crippen LogP contribution in [0.1, 0.15) is 38.7 Å². The maximum absolute atomic E-state index is 13.4. The molecular weight excluding hydrogens is 373 g/mol. The third kappa shape index (κ3) is 4.70. The first kappa shape index (κ1) is 18.3. The van der Waals surface area contributed by atoms with Crippen molar-refractivity contribution < 1.29 is 18.0 Å². The van der Waals surface area contributed by atoms with Crippen molar-refractivity contribution in [3.8, 4) is 0 Å². The predicted molar refractivity (Wildman–Crippen MR) is 85.6 cm³/mol. The summed E-state index contributed by atoms with van der Waals surface area (Å²) in [5.41, 5.74) is 2.54. The third-order valence-electron chi connectivity index (χ3n) is 4.04. The summed E-state index contributed by atoms with van der Waals surface area (Å²) in [6, 6.07) is 5.88. The first-order valence-electron chi connectivity index (χ1n) is 7.49. The zero-order valence-corrected chi connectivity index (χ0v) is 14.7. The molecule has 0 bridgehead atoms. The molecule has 0 aromatic heterocycles. The second-order valence-corrected chi connectivity index (χ2v) is 7.39. The summed E-state index contributed by atoms with van der Waals surface area (Å²) < 4.78 is 41.2. The first-order valence-corrected chi connectivity index (χ1v) is 8.29. The number of benzene rings is 1. The van der Waals surface area contributed by atoms with Crippen LogP contribution in [0.2, 0.25) is 0 Å². The van der Waals surface area contributed by atoms with Gasteiger partial charge in [-0.2, -0.15) is 13.2 Å². The van der Waals surface area contributed by atoms with Gasteiger partial charge in [-0.15, -0.1) is 0 Å². The smallest absolute Gasteiger partial charge is 0.288 e. The van der Waals surface area contributed by atoms with E-state index in [1.165, 1.54) is 0 Å².